The maximum atomic E-state index is 16.4. The minimum atomic E-state index is -6.63. The van der Waals surface area contributed by atoms with Crippen LogP contribution in [0, 0.1) is 0 Å². The number of rotatable bonds is 11. The van der Waals surface area contributed by atoms with Crippen LogP contribution in [0.25, 0.3) is 0 Å². The highest BCUT2D eigenvalue weighted by Gasteiger charge is 2.86. The van der Waals surface area contributed by atoms with Gasteiger partial charge in [0, 0.05) is 6.61 Å². The molecule has 0 aliphatic rings. The Morgan fingerprint density at radius 3 is 1.27 bits per heavy atom. The molecule has 12 heteroatoms. The lowest BCUT2D eigenvalue weighted by Gasteiger charge is -2.57. The van der Waals surface area contributed by atoms with Gasteiger partial charge in [-0.25, -0.2) is 0 Å². The molecule has 2 aromatic rings. The molecule has 2 rings (SSSR count). The van der Waals surface area contributed by atoms with E-state index >= 15 is 17.6 Å². The molecule has 2 aromatic carbocycles. The smallest absolute Gasteiger partial charge is 0.400 e. The van der Waals surface area contributed by atoms with Crippen molar-refractivity contribution in [3.8, 4) is 0 Å². The van der Waals surface area contributed by atoms with Crippen molar-refractivity contribution in [2.75, 3.05) is 6.61 Å². The van der Waals surface area contributed by atoms with Gasteiger partial charge in [0.1, 0.15) is 0 Å². The first-order chi connectivity index (χ1) is 16.7. The van der Waals surface area contributed by atoms with E-state index in [1.807, 2.05) is 0 Å². The van der Waals surface area contributed by atoms with Gasteiger partial charge in [-0.2, -0.15) is 30.7 Å². The summed E-state index contributed by atoms with van der Waals surface area (Å²) in [6.45, 7) is 9.58. The van der Waals surface area contributed by atoms with Crippen LogP contribution in [-0.2, 0) is 19.2 Å². The zero-order valence-corrected chi connectivity index (χ0v) is 23.9. The average molecular weight is 571 g/mol. The van der Waals surface area contributed by atoms with E-state index in [4.69, 9.17) is 13.6 Å². The first-order valence-corrected chi connectivity index (χ1v) is 18.5. The van der Waals surface area contributed by atoms with Gasteiger partial charge < -0.3 is 13.6 Å². The maximum absolute atomic E-state index is 16.4. The molecular formula is C25H33F7O3Si2. The van der Waals surface area contributed by atoms with Crippen molar-refractivity contribution < 1.29 is 44.3 Å². The van der Waals surface area contributed by atoms with Crippen molar-refractivity contribution in [3.05, 3.63) is 71.8 Å². The lowest BCUT2D eigenvalue weighted by Crippen LogP contribution is -2.76. The third kappa shape index (κ3) is 5.82. The molecule has 0 amide bonds. The SMILES string of the molecule is CCOC(O[Si](C)(C)C)(C(O[Si](C)(C)C)(c1ccccc1)c1ccccc1)C(F)(F)C(F)(F)C(F)(F)F. The lowest BCUT2D eigenvalue weighted by atomic mass is 9.74. The third-order valence-corrected chi connectivity index (χ3v) is 7.06. The molecule has 0 bridgehead atoms. The van der Waals surface area contributed by atoms with E-state index in [1.165, 1.54) is 75.1 Å². The molecule has 208 valence electrons. The van der Waals surface area contributed by atoms with Crippen LogP contribution in [0.3, 0.4) is 0 Å². The molecule has 3 nitrogen and oxygen atoms in total. The van der Waals surface area contributed by atoms with Crippen LogP contribution >= 0.6 is 0 Å². The Morgan fingerprint density at radius 1 is 0.595 bits per heavy atom. The summed E-state index contributed by atoms with van der Waals surface area (Å²) < 4.78 is 122. The van der Waals surface area contributed by atoms with Crippen molar-refractivity contribution >= 4 is 16.6 Å². The molecule has 0 N–H and O–H groups in total. The summed E-state index contributed by atoms with van der Waals surface area (Å²) in [4.78, 5) is 0. The topological polar surface area (TPSA) is 27.7 Å². The fourth-order valence-corrected chi connectivity index (χ4v) is 6.62. The van der Waals surface area contributed by atoms with Crippen LogP contribution in [0.1, 0.15) is 18.1 Å². The second kappa shape index (κ2) is 10.4. The second-order valence-corrected chi connectivity index (χ2v) is 19.4. The minimum absolute atomic E-state index is 0.118. The first kappa shape index (κ1) is 31.5. The molecule has 1 unspecified atom stereocenters. The van der Waals surface area contributed by atoms with Crippen LogP contribution in [0.5, 0.6) is 0 Å². The van der Waals surface area contributed by atoms with E-state index in [-0.39, 0.29) is 11.1 Å². The van der Waals surface area contributed by atoms with Crippen LogP contribution in [-0.4, -0.2) is 47.1 Å². The van der Waals surface area contributed by atoms with E-state index < -0.39 is 52.7 Å². The average Bonchev–Trinajstić information content (AvgIpc) is 2.75. The van der Waals surface area contributed by atoms with Gasteiger partial charge in [-0.3, -0.25) is 0 Å². The Labute approximate surface area is 215 Å². The molecule has 0 fully saturated rings. The highest BCUT2D eigenvalue weighted by molar-refractivity contribution is 6.70. The normalized spacial score (nSPS) is 15.9. The van der Waals surface area contributed by atoms with Crippen molar-refractivity contribution in [2.24, 2.45) is 0 Å². The van der Waals surface area contributed by atoms with E-state index in [1.54, 1.807) is 31.8 Å². The summed E-state index contributed by atoms with van der Waals surface area (Å²) in [5.41, 5.74) is -2.96. The van der Waals surface area contributed by atoms with Crippen molar-refractivity contribution in [1.29, 1.82) is 0 Å². The Hall–Kier alpha value is -1.74. The van der Waals surface area contributed by atoms with Gasteiger partial charge in [0.15, 0.2) is 22.2 Å². The van der Waals surface area contributed by atoms with Crippen LogP contribution in [0.15, 0.2) is 60.7 Å². The number of ether oxygens (including phenoxy) is 1. The Kier molecular flexibility index (Phi) is 8.88. The van der Waals surface area contributed by atoms with Gasteiger partial charge in [0.25, 0.3) is 5.79 Å². The summed E-state index contributed by atoms with van der Waals surface area (Å²) in [6.07, 6.45) is -6.63. The van der Waals surface area contributed by atoms with Crippen LogP contribution < -0.4 is 0 Å². The quantitative estimate of drug-likeness (QED) is 0.155. The highest BCUT2D eigenvalue weighted by atomic mass is 28.4. The molecule has 0 heterocycles. The highest BCUT2D eigenvalue weighted by Crippen LogP contribution is 2.61. The number of alkyl halides is 7. The molecule has 0 aliphatic carbocycles. The standard InChI is InChI=1S/C25H33F7O3Si2/c1-8-33-24(35-37(5,6)7,22(26,27)23(28,29)25(30,31)32)21(34-36(2,3)4,19-15-11-9-12-16-19)20-17-13-10-14-18-20/h9-18H,8H2,1-7H3. The summed E-state index contributed by atoms with van der Waals surface area (Å²) in [5.74, 6) is -16.4. The van der Waals surface area contributed by atoms with E-state index in [2.05, 4.69) is 0 Å². The number of hydrogen-bond donors (Lipinski definition) is 0. The molecule has 0 aromatic heterocycles. The number of benzene rings is 2. The second-order valence-electron chi connectivity index (χ2n) is 10.5. The van der Waals surface area contributed by atoms with Crippen molar-refractivity contribution in [2.45, 2.75) is 75.6 Å². The Bertz CT molecular complexity index is 981. The number of halogens is 7. The van der Waals surface area contributed by atoms with Crippen molar-refractivity contribution in [3.63, 3.8) is 0 Å². The molecule has 0 saturated carbocycles. The molecular weight excluding hydrogens is 537 g/mol. The first-order valence-electron chi connectivity index (χ1n) is 11.7. The molecule has 37 heavy (non-hydrogen) atoms. The third-order valence-electron chi connectivity index (χ3n) is 5.24. The molecule has 0 spiro atoms. The minimum Gasteiger partial charge on any atom is -0.400 e. The molecule has 0 saturated heterocycles. The monoisotopic (exact) mass is 570 g/mol. The largest absolute Gasteiger partial charge is 0.460 e. The van der Waals surface area contributed by atoms with Gasteiger partial charge in [-0.15, -0.1) is 0 Å². The maximum Gasteiger partial charge on any atom is 0.460 e. The zero-order valence-electron chi connectivity index (χ0n) is 21.9. The van der Waals surface area contributed by atoms with Crippen molar-refractivity contribution in [1.82, 2.24) is 0 Å². The summed E-state index contributed by atoms with van der Waals surface area (Å²) >= 11 is 0. The molecule has 1 atom stereocenters. The van der Waals surface area contributed by atoms with Gasteiger partial charge in [0.05, 0.1) is 0 Å². The van der Waals surface area contributed by atoms with Crippen LogP contribution in [0.2, 0.25) is 39.3 Å². The fraction of sp³-hybridized carbons (Fsp3) is 0.520. The van der Waals surface area contributed by atoms with Crippen LogP contribution in [0.4, 0.5) is 30.7 Å². The van der Waals surface area contributed by atoms with Gasteiger partial charge in [-0.05, 0) is 57.3 Å². The van der Waals surface area contributed by atoms with Gasteiger partial charge in [-0.1, -0.05) is 60.7 Å². The fourth-order valence-electron chi connectivity index (χ4n) is 4.13. The summed E-state index contributed by atoms with van der Waals surface area (Å²) in [7, 11) is -6.46. The summed E-state index contributed by atoms with van der Waals surface area (Å²) in [5, 5.41) is 0. The lowest BCUT2D eigenvalue weighted by molar-refractivity contribution is -0.448. The Morgan fingerprint density at radius 2 is 0.973 bits per heavy atom. The predicted molar refractivity (Wildman–Crippen MR) is 133 cm³/mol. The predicted octanol–water partition coefficient (Wildman–Crippen LogP) is 8.20. The molecule has 0 radical (unpaired) electrons. The zero-order chi connectivity index (χ0) is 28.6. The van der Waals surface area contributed by atoms with Gasteiger partial charge in [0.2, 0.25) is 0 Å². The van der Waals surface area contributed by atoms with E-state index in [0.717, 1.165) is 0 Å². The van der Waals surface area contributed by atoms with Gasteiger partial charge >= 0.3 is 18.0 Å². The molecule has 0 aliphatic heterocycles. The summed E-state index contributed by atoms with van der Waals surface area (Å²) in [6, 6.07) is 14.2. The number of hydrogen-bond acceptors (Lipinski definition) is 3. The van der Waals surface area contributed by atoms with E-state index in [0.29, 0.717) is 0 Å². The van der Waals surface area contributed by atoms with E-state index in [9.17, 15) is 13.2 Å². The Balaban J connectivity index is 3.30.